The molecule has 0 radical (unpaired) electrons. The van der Waals surface area contributed by atoms with E-state index in [4.69, 9.17) is 9.47 Å². The Balaban J connectivity index is 1.43. The van der Waals surface area contributed by atoms with Gasteiger partial charge in [-0.2, -0.15) is 0 Å². The van der Waals surface area contributed by atoms with Crippen LogP contribution in [-0.2, 0) is 14.3 Å². The lowest BCUT2D eigenvalue weighted by atomic mass is 9.34. The van der Waals surface area contributed by atoms with Gasteiger partial charge in [0.2, 0.25) is 0 Å². The summed E-state index contributed by atoms with van der Waals surface area (Å²) in [6, 6.07) is -0.0298. The van der Waals surface area contributed by atoms with Gasteiger partial charge < -0.3 is 19.5 Å². The Labute approximate surface area is 290 Å². The molecule has 12 atom stereocenters. The van der Waals surface area contributed by atoms with E-state index in [2.05, 4.69) is 110 Å². The summed E-state index contributed by atoms with van der Waals surface area (Å²) < 4.78 is 15.9. The van der Waals surface area contributed by atoms with Crippen LogP contribution in [0.25, 0.3) is 0 Å². The summed E-state index contributed by atoms with van der Waals surface area (Å²) in [7, 11) is 4.30. The fourth-order valence-electron chi connectivity index (χ4n) is 12.5. The first kappa shape index (κ1) is 36.0. The number of tetrazole rings is 1. The lowest BCUT2D eigenvalue weighted by Crippen LogP contribution is -2.69. The molecule has 0 aromatic carbocycles. The van der Waals surface area contributed by atoms with Crippen molar-refractivity contribution in [1.82, 2.24) is 25.1 Å². The van der Waals surface area contributed by atoms with Crippen molar-refractivity contribution >= 4 is 5.97 Å². The molecule has 0 amide bonds. The quantitative estimate of drug-likeness (QED) is 0.277. The van der Waals surface area contributed by atoms with Crippen LogP contribution in [0.3, 0.4) is 0 Å². The minimum Gasteiger partial charge on any atom is -0.481 e. The maximum Gasteiger partial charge on any atom is 0.307 e. The van der Waals surface area contributed by atoms with E-state index < -0.39 is 11.9 Å². The molecular formula is C39H65N5O4. The number of carboxylic acid groups (broad SMARTS) is 1. The van der Waals surface area contributed by atoms with Crippen molar-refractivity contribution in [3.63, 3.8) is 0 Å². The zero-order valence-electron chi connectivity index (χ0n) is 32.0. The summed E-state index contributed by atoms with van der Waals surface area (Å²) in [4.78, 5) is 15.7. The molecule has 1 saturated heterocycles. The molecule has 6 rings (SSSR count). The van der Waals surface area contributed by atoms with Crippen LogP contribution in [0, 0.1) is 62.6 Å². The third-order valence-electron chi connectivity index (χ3n) is 16.6. The fraction of sp³-hybridized carbons (Fsp3) is 0.897. The average molecular weight is 668 g/mol. The zero-order valence-corrected chi connectivity index (χ0v) is 32.0. The topological polar surface area (TPSA) is 103 Å². The van der Waals surface area contributed by atoms with Crippen molar-refractivity contribution in [2.45, 2.75) is 125 Å². The van der Waals surface area contributed by atoms with Crippen LogP contribution >= 0.6 is 0 Å². The highest BCUT2D eigenvalue weighted by molar-refractivity contribution is 5.73. The molecule has 2 bridgehead atoms. The van der Waals surface area contributed by atoms with Crippen LogP contribution in [0.1, 0.15) is 114 Å². The zero-order chi connectivity index (χ0) is 35.2. The molecule has 2 heterocycles. The van der Waals surface area contributed by atoms with Crippen LogP contribution in [0.5, 0.6) is 0 Å². The van der Waals surface area contributed by atoms with E-state index in [0.29, 0.717) is 49.4 Å². The molecule has 270 valence electrons. The smallest absolute Gasteiger partial charge is 0.307 e. The van der Waals surface area contributed by atoms with Gasteiger partial charge in [-0.1, -0.05) is 74.0 Å². The standard InChI is InChI=1S/C39H65N5O4/c1-24(2)26(5)34(6)17-18-36(8)27-13-14-30-35(7)20-47-22-39(30,28(27)15-16-37(36,9)31(34)33(45)46)19-29(44-23-40-41-42-44)32(35)48-21-38(10,25(3)4)43(11)12/h15,23-27,29-32H,13-14,16-22H2,1-12H3,(H,45,46)/t26-,27+,29-,30+,31-,32+,34-,35+,36-,37+,38+,39?/m1/s1. The number of aliphatic carboxylic acids is 1. The van der Waals surface area contributed by atoms with Gasteiger partial charge in [0.25, 0.3) is 0 Å². The maximum absolute atomic E-state index is 13.4. The summed E-state index contributed by atoms with van der Waals surface area (Å²) in [6.45, 7) is 25.1. The molecule has 1 unspecified atom stereocenters. The minimum atomic E-state index is -0.613. The van der Waals surface area contributed by atoms with E-state index in [1.165, 1.54) is 5.57 Å². The predicted molar refractivity (Wildman–Crippen MR) is 187 cm³/mol. The second kappa shape index (κ2) is 11.9. The number of hydrogen-bond acceptors (Lipinski definition) is 7. The van der Waals surface area contributed by atoms with Crippen LogP contribution in [0.15, 0.2) is 18.0 Å². The number of fused-ring (bicyclic) bond motifs is 3. The van der Waals surface area contributed by atoms with Gasteiger partial charge in [-0.25, -0.2) is 4.68 Å². The normalized spacial score (nSPS) is 44.4. The Morgan fingerprint density at radius 2 is 1.81 bits per heavy atom. The molecule has 48 heavy (non-hydrogen) atoms. The molecule has 9 nitrogen and oxygen atoms in total. The van der Waals surface area contributed by atoms with Gasteiger partial charge in [-0.05, 0) is 116 Å². The third kappa shape index (κ3) is 4.78. The average Bonchev–Trinajstić information content (AvgIpc) is 3.55. The first-order valence-corrected chi connectivity index (χ1v) is 18.9. The Morgan fingerprint density at radius 1 is 1.10 bits per heavy atom. The molecule has 4 fully saturated rings. The van der Waals surface area contributed by atoms with Crippen molar-refractivity contribution in [3.8, 4) is 0 Å². The Bertz CT molecular complexity index is 1390. The van der Waals surface area contributed by atoms with Crippen molar-refractivity contribution < 1.29 is 19.4 Å². The predicted octanol–water partition coefficient (Wildman–Crippen LogP) is 7.16. The molecule has 1 N–H and O–H groups in total. The minimum absolute atomic E-state index is 0.0298. The second-order valence-electron chi connectivity index (χ2n) is 19.0. The number of nitrogens with zero attached hydrogens (tertiary/aromatic N) is 5. The summed E-state index contributed by atoms with van der Waals surface area (Å²) in [5.74, 6) is 0.883. The van der Waals surface area contributed by atoms with Crippen molar-refractivity contribution in [2.75, 3.05) is 33.9 Å². The summed E-state index contributed by atoms with van der Waals surface area (Å²) >= 11 is 0. The van der Waals surface area contributed by atoms with Crippen LogP contribution in [-0.4, -0.2) is 81.7 Å². The van der Waals surface area contributed by atoms with Crippen molar-refractivity contribution in [2.24, 2.45) is 62.6 Å². The number of carbonyl (C=O) groups is 1. The maximum atomic E-state index is 13.4. The molecule has 9 heteroatoms. The number of likely N-dealkylation sites (N-methyl/N-ethyl adjacent to an activating group) is 1. The Morgan fingerprint density at radius 3 is 2.40 bits per heavy atom. The monoisotopic (exact) mass is 668 g/mol. The lowest BCUT2D eigenvalue weighted by Gasteiger charge is -2.71. The SMILES string of the molecule is CC(C)[C@@H](C)[C@@]1(C)CC[C@]2(C)[C@H]3CC[C@@H]4C5(COC[C@]4(C)[C@@H](OC[C@@](C)(C(C)C)N(C)C)[C@H](n4cnnn4)C5)C3=CC[C@@]2(C)[C@@H]1C(=O)O. The van der Waals surface area contributed by atoms with Crippen LogP contribution < -0.4 is 0 Å². The van der Waals surface area contributed by atoms with Crippen molar-refractivity contribution in [3.05, 3.63) is 18.0 Å². The Kier molecular flexibility index (Phi) is 8.89. The van der Waals surface area contributed by atoms with E-state index in [1.54, 1.807) is 6.33 Å². The molecule has 5 aliphatic rings. The van der Waals surface area contributed by atoms with Gasteiger partial charge in [-0.3, -0.25) is 4.79 Å². The highest BCUT2D eigenvalue weighted by Gasteiger charge is 2.72. The molecule has 1 aromatic rings. The lowest BCUT2D eigenvalue weighted by molar-refractivity contribution is -0.255. The summed E-state index contributed by atoms with van der Waals surface area (Å²) in [5, 5.41) is 23.8. The molecule has 1 aromatic heterocycles. The number of aromatic nitrogens is 4. The fourth-order valence-corrected chi connectivity index (χ4v) is 12.5. The molecular weight excluding hydrogens is 602 g/mol. The summed E-state index contributed by atoms with van der Waals surface area (Å²) in [5.41, 5.74) is 0.305. The Hall–Kier alpha value is -1.84. The van der Waals surface area contributed by atoms with Gasteiger partial charge in [0.1, 0.15) is 6.33 Å². The first-order valence-electron chi connectivity index (χ1n) is 18.9. The van der Waals surface area contributed by atoms with E-state index >= 15 is 0 Å². The van der Waals surface area contributed by atoms with Gasteiger partial charge >= 0.3 is 5.97 Å². The van der Waals surface area contributed by atoms with Crippen LogP contribution in [0.2, 0.25) is 0 Å². The first-order chi connectivity index (χ1) is 22.3. The molecule has 0 spiro atoms. The van der Waals surface area contributed by atoms with Gasteiger partial charge in [0.05, 0.1) is 37.9 Å². The van der Waals surface area contributed by atoms with Gasteiger partial charge in [0.15, 0.2) is 0 Å². The number of allylic oxidation sites excluding steroid dienone is 1. The number of carboxylic acids is 1. The van der Waals surface area contributed by atoms with Gasteiger partial charge in [-0.15, -0.1) is 5.10 Å². The van der Waals surface area contributed by atoms with Gasteiger partial charge in [0, 0.05) is 16.4 Å². The highest BCUT2D eigenvalue weighted by atomic mass is 16.5. The van der Waals surface area contributed by atoms with E-state index in [-0.39, 0.29) is 44.8 Å². The van der Waals surface area contributed by atoms with Crippen LogP contribution in [0.4, 0.5) is 0 Å². The summed E-state index contributed by atoms with van der Waals surface area (Å²) in [6.07, 6.45) is 10.0. The number of ether oxygens (including phenoxy) is 2. The highest BCUT2D eigenvalue weighted by Crippen LogP contribution is 2.75. The number of rotatable bonds is 9. The third-order valence-corrected chi connectivity index (χ3v) is 16.6. The van der Waals surface area contributed by atoms with E-state index in [0.717, 1.165) is 38.5 Å². The van der Waals surface area contributed by atoms with E-state index in [9.17, 15) is 9.90 Å². The molecule has 1 aliphatic heterocycles. The molecule has 4 aliphatic carbocycles. The van der Waals surface area contributed by atoms with E-state index in [1.807, 2.05) is 4.68 Å². The van der Waals surface area contributed by atoms with Crippen molar-refractivity contribution in [1.29, 1.82) is 0 Å². The largest absolute Gasteiger partial charge is 0.481 e. The number of hydrogen-bond donors (Lipinski definition) is 1. The second-order valence-corrected chi connectivity index (χ2v) is 19.0. The molecule has 3 saturated carbocycles.